The highest BCUT2D eigenvalue weighted by Gasteiger charge is 2.10. The number of amides is 2. The van der Waals surface area contributed by atoms with Gasteiger partial charge in [-0.05, 0) is 93.7 Å². The third-order valence-corrected chi connectivity index (χ3v) is 7.26. The molecule has 0 unspecified atom stereocenters. The fourth-order valence-electron chi connectivity index (χ4n) is 4.82. The normalized spacial score (nSPS) is 12.2. The van der Waals surface area contributed by atoms with Crippen LogP contribution in [0.3, 0.4) is 0 Å². The van der Waals surface area contributed by atoms with Gasteiger partial charge < -0.3 is 25.8 Å². The number of carbonyl (C=O) groups is 2. The molecule has 0 aliphatic rings. The Morgan fingerprint density at radius 2 is 1.86 bits per heavy atom. The third-order valence-electron chi connectivity index (χ3n) is 7.26. The van der Waals surface area contributed by atoms with Crippen molar-refractivity contribution < 1.29 is 14.0 Å². The van der Waals surface area contributed by atoms with E-state index in [2.05, 4.69) is 56.8 Å². The maximum Gasteiger partial charge on any atom is 0.251 e. The zero-order chi connectivity index (χ0) is 32.1. The largest absolute Gasteiger partial charge is 0.387 e. The zero-order valence-corrected chi connectivity index (χ0v) is 26.4. The maximum absolute atomic E-state index is 13.6. The second-order valence-corrected chi connectivity index (χ2v) is 10.3. The van der Waals surface area contributed by atoms with E-state index in [1.165, 1.54) is 17.3 Å². The summed E-state index contributed by atoms with van der Waals surface area (Å²) in [6.07, 6.45) is 12.3. The van der Waals surface area contributed by atoms with Crippen molar-refractivity contribution in [3.63, 3.8) is 0 Å². The minimum absolute atomic E-state index is 0.150. The number of benzene rings is 2. The Labute approximate surface area is 259 Å². The van der Waals surface area contributed by atoms with E-state index in [0.717, 1.165) is 47.1 Å². The molecule has 0 spiro atoms. The number of nitrogens with zero attached hydrogens (tertiary/aromatic N) is 2. The lowest BCUT2D eigenvalue weighted by atomic mass is 10.1. The summed E-state index contributed by atoms with van der Waals surface area (Å²) >= 11 is 0. The molecule has 0 bridgehead atoms. The number of aryl methyl sites for hydroxylation is 1. The number of hydrogen-bond acceptors (Lipinski definition) is 5. The van der Waals surface area contributed by atoms with Crippen LogP contribution in [-0.4, -0.2) is 48.6 Å². The van der Waals surface area contributed by atoms with Crippen molar-refractivity contribution in [3.05, 3.63) is 113 Å². The smallest absolute Gasteiger partial charge is 0.251 e. The van der Waals surface area contributed by atoms with Crippen LogP contribution in [0.15, 0.2) is 85.0 Å². The summed E-state index contributed by atoms with van der Waals surface area (Å²) in [5.41, 5.74) is 7.48. The van der Waals surface area contributed by atoms with Gasteiger partial charge in [-0.25, -0.2) is 4.39 Å². The number of aromatic nitrogens is 2. The van der Waals surface area contributed by atoms with Gasteiger partial charge in [-0.1, -0.05) is 31.2 Å². The minimum atomic E-state index is -0.210. The van der Waals surface area contributed by atoms with Crippen LogP contribution in [-0.2, 0) is 11.2 Å². The molecular formula is C35H43FN6O2. The first kappa shape index (κ1) is 33.7. The quantitative estimate of drug-likeness (QED) is 0.158. The molecule has 2 aromatic heterocycles. The van der Waals surface area contributed by atoms with Gasteiger partial charge in [-0.2, -0.15) is 0 Å². The number of allylic oxidation sites excluding steroid dienone is 2. The number of halogens is 1. The summed E-state index contributed by atoms with van der Waals surface area (Å²) in [4.78, 5) is 26.2. The highest BCUT2D eigenvalue weighted by atomic mass is 19.1. The topological polar surface area (TPSA) is 100 Å². The van der Waals surface area contributed by atoms with Gasteiger partial charge in [-0.3, -0.25) is 14.6 Å². The summed E-state index contributed by atoms with van der Waals surface area (Å²) in [7, 11) is 3.55. The molecule has 0 aliphatic carbocycles. The van der Waals surface area contributed by atoms with Crippen molar-refractivity contribution in [2.24, 2.45) is 0 Å². The highest BCUT2D eigenvalue weighted by molar-refractivity contribution is 5.95. The SMILES string of the molecule is C/C=C(\NC=O)c1cccc(C(=O)NC)c1.CCC=C(NCCc1cncc(-n2cc(C)c3cc(F)ccc32)c1)[C@H](C)NC. The van der Waals surface area contributed by atoms with Crippen LogP contribution >= 0.6 is 0 Å². The molecule has 0 aliphatic heterocycles. The van der Waals surface area contributed by atoms with Gasteiger partial charge in [0, 0.05) is 54.4 Å². The van der Waals surface area contributed by atoms with E-state index in [4.69, 9.17) is 0 Å². The second kappa shape index (κ2) is 16.8. The molecule has 9 heteroatoms. The zero-order valence-electron chi connectivity index (χ0n) is 26.4. The maximum atomic E-state index is 13.6. The van der Waals surface area contributed by atoms with Crippen LogP contribution in [0, 0.1) is 12.7 Å². The van der Waals surface area contributed by atoms with Crippen LogP contribution in [0.25, 0.3) is 22.3 Å². The molecule has 0 fully saturated rings. The molecule has 0 saturated carbocycles. The molecule has 2 amide bonds. The van der Waals surface area contributed by atoms with Gasteiger partial charge in [-0.15, -0.1) is 0 Å². The number of nitrogens with one attached hydrogen (secondary N) is 4. The van der Waals surface area contributed by atoms with Gasteiger partial charge in [0.15, 0.2) is 0 Å². The molecule has 0 radical (unpaired) electrons. The van der Waals surface area contributed by atoms with Crippen LogP contribution in [0.2, 0.25) is 0 Å². The minimum Gasteiger partial charge on any atom is -0.387 e. The van der Waals surface area contributed by atoms with Gasteiger partial charge in [0.1, 0.15) is 5.82 Å². The molecule has 2 heterocycles. The Hall–Kier alpha value is -4.76. The Morgan fingerprint density at radius 1 is 1.09 bits per heavy atom. The summed E-state index contributed by atoms with van der Waals surface area (Å²) in [5.74, 6) is -0.360. The lowest BCUT2D eigenvalue weighted by Crippen LogP contribution is -2.32. The molecule has 4 aromatic rings. The molecule has 4 N–H and O–H groups in total. The summed E-state index contributed by atoms with van der Waals surface area (Å²) in [5, 5.41) is 12.9. The number of likely N-dealkylation sites (N-methyl/N-ethyl adjacent to an activating group) is 1. The number of hydrogen-bond donors (Lipinski definition) is 4. The number of rotatable bonds is 12. The van der Waals surface area contributed by atoms with E-state index >= 15 is 0 Å². The first-order chi connectivity index (χ1) is 21.3. The number of carbonyl (C=O) groups excluding carboxylic acids is 2. The van der Waals surface area contributed by atoms with Gasteiger partial charge in [0.05, 0.1) is 17.4 Å². The molecule has 2 aromatic carbocycles. The van der Waals surface area contributed by atoms with Gasteiger partial charge in [0.2, 0.25) is 6.41 Å². The van der Waals surface area contributed by atoms with E-state index in [1.54, 1.807) is 37.4 Å². The molecule has 44 heavy (non-hydrogen) atoms. The first-order valence-corrected chi connectivity index (χ1v) is 14.8. The van der Waals surface area contributed by atoms with E-state index < -0.39 is 0 Å². The first-order valence-electron chi connectivity index (χ1n) is 14.8. The summed E-state index contributed by atoms with van der Waals surface area (Å²) in [6, 6.07) is 14.4. The van der Waals surface area contributed by atoms with Crippen molar-refractivity contribution in [2.45, 2.75) is 46.6 Å². The van der Waals surface area contributed by atoms with Crippen LogP contribution < -0.4 is 21.3 Å². The fourth-order valence-corrected chi connectivity index (χ4v) is 4.82. The number of fused-ring (bicyclic) bond motifs is 1. The van der Waals surface area contributed by atoms with E-state index in [-0.39, 0.29) is 11.7 Å². The van der Waals surface area contributed by atoms with Crippen molar-refractivity contribution in [3.8, 4) is 5.69 Å². The van der Waals surface area contributed by atoms with E-state index in [9.17, 15) is 14.0 Å². The van der Waals surface area contributed by atoms with Crippen molar-refractivity contribution in [1.29, 1.82) is 0 Å². The van der Waals surface area contributed by atoms with Crippen LogP contribution in [0.4, 0.5) is 4.39 Å². The number of pyridine rings is 1. The van der Waals surface area contributed by atoms with Gasteiger partial charge >= 0.3 is 0 Å². The van der Waals surface area contributed by atoms with Crippen molar-refractivity contribution in [2.75, 3.05) is 20.6 Å². The van der Waals surface area contributed by atoms with Crippen LogP contribution in [0.1, 0.15) is 54.2 Å². The molecule has 232 valence electrons. The van der Waals surface area contributed by atoms with E-state index in [1.807, 2.05) is 51.6 Å². The third kappa shape index (κ3) is 8.87. The monoisotopic (exact) mass is 598 g/mol. The Balaban J connectivity index is 0.000000281. The van der Waals surface area contributed by atoms with Gasteiger partial charge in [0.25, 0.3) is 5.91 Å². The van der Waals surface area contributed by atoms with Crippen molar-refractivity contribution >= 4 is 28.9 Å². The second-order valence-electron chi connectivity index (χ2n) is 10.3. The Bertz CT molecular complexity index is 1620. The van der Waals surface area contributed by atoms with E-state index in [0.29, 0.717) is 23.7 Å². The molecule has 4 rings (SSSR count). The summed E-state index contributed by atoms with van der Waals surface area (Å²) < 4.78 is 15.7. The standard InChI is InChI=1S/C23H29FN4.C12H14N2O2/c1-5-6-22(17(3)25-4)27-10-9-18-11-20(14-26-13-18)28-15-16(2)21-12-19(24)7-8-23(21)28;1-3-11(14-8-15)9-5-4-6-10(7-9)12(16)13-2/h6-8,11-15,17,25,27H,5,9-10H2,1-4H3;3-8H,1-2H3,(H,13,16)(H,14,15)/b;11-3-/t17-;/m0./s1. The Kier molecular flexibility index (Phi) is 12.9. The fraction of sp³-hybridized carbons (Fsp3) is 0.286. The van der Waals surface area contributed by atoms with Crippen molar-refractivity contribution in [1.82, 2.24) is 30.8 Å². The predicted molar refractivity (Wildman–Crippen MR) is 177 cm³/mol. The average molecular weight is 599 g/mol. The lowest BCUT2D eigenvalue weighted by molar-refractivity contribution is -0.108. The molecule has 1 atom stereocenters. The average Bonchev–Trinajstić information content (AvgIpc) is 3.38. The van der Waals surface area contributed by atoms with Crippen LogP contribution in [0.5, 0.6) is 0 Å². The molecular weight excluding hydrogens is 555 g/mol. The Morgan fingerprint density at radius 3 is 2.55 bits per heavy atom. The highest BCUT2D eigenvalue weighted by Crippen LogP contribution is 2.25. The summed E-state index contributed by atoms with van der Waals surface area (Å²) in [6.45, 7) is 8.97. The molecule has 0 saturated heterocycles. The lowest BCUT2D eigenvalue weighted by Gasteiger charge is -2.18. The molecule has 8 nitrogen and oxygen atoms in total. The predicted octanol–water partition coefficient (Wildman–Crippen LogP) is 5.66.